The highest BCUT2D eigenvalue weighted by molar-refractivity contribution is 5.09. The molecule has 0 aliphatic heterocycles. The number of aliphatic hydroxyl groups is 1. The van der Waals surface area contributed by atoms with Crippen LogP contribution >= 0.6 is 0 Å². The van der Waals surface area contributed by atoms with Gasteiger partial charge in [0.2, 0.25) is 0 Å². The molecule has 66 valence electrons. The maximum absolute atomic E-state index is 12.9. The molecule has 2 nitrogen and oxygen atoms in total. The fourth-order valence-corrected chi connectivity index (χ4v) is 0.958. The molecule has 1 aromatic rings. The van der Waals surface area contributed by atoms with E-state index in [-0.39, 0.29) is 12.2 Å². The van der Waals surface area contributed by atoms with E-state index >= 15 is 0 Å². The van der Waals surface area contributed by atoms with Gasteiger partial charge in [-0.05, 0) is 26.0 Å². The number of hydrogen-bond donors (Lipinski definition) is 1. The van der Waals surface area contributed by atoms with Crippen molar-refractivity contribution in [1.29, 1.82) is 0 Å². The Morgan fingerprint density at radius 1 is 1.58 bits per heavy atom. The molecule has 0 fully saturated rings. The number of nitrogens with zero attached hydrogens (tertiary/aromatic N) is 1. The second kappa shape index (κ2) is 3.19. The van der Waals surface area contributed by atoms with Crippen LogP contribution in [0.4, 0.5) is 4.39 Å². The number of hydrogen-bond acceptors (Lipinski definition) is 2. The van der Waals surface area contributed by atoms with Gasteiger partial charge in [-0.2, -0.15) is 0 Å². The van der Waals surface area contributed by atoms with E-state index in [2.05, 4.69) is 4.98 Å². The molecule has 0 aliphatic carbocycles. The molecular formula is C9H12FNO. The maximum atomic E-state index is 12.9. The molecule has 1 N–H and O–H groups in total. The van der Waals surface area contributed by atoms with Crippen molar-refractivity contribution in [2.75, 3.05) is 0 Å². The van der Waals surface area contributed by atoms with Crippen LogP contribution in [0.5, 0.6) is 0 Å². The van der Waals surface area contributed by atoms with Gasteiger partial charge in [-0.25, -0.2) is 4.39 Å². The van der Waals surface area contributed by atoms with E-state index in [0.717, 1.165) is 0 Å². The van der Waals surface area contributed by atoms with Crippen LogP contribution < -0.4 is 0 Å². The summed E-state index contributed by atoms with van der Waals surface area (Å²) >= 11 is 0. The van der Waals surface area contributed by atoms with Crippen molar-refractivity contribution in [3.63, 3.8) is 0 Å². The van der Waals surface area contributed by atoms with E-state index in [1.165, 1.54) is 18.3 Å². The molecule has 1 heterocycles. The van der Waals surface area contributed by atoms with Crippen molar-refractivity contribution in [2.24, 2.45) is 0 Å². The van der Waals surface area contributed by atoms with Crippen molar-refractivity contribution in [2.45, 2.75) is 25.9 Å². The Balaban J connectivity index is 2.83. The highest BCUT2D eigenvalue weighted by Gasteiger charge is 2.16. The minimum atomic E-state index is -0.908. The van der Waals surface area contributed by atoms with Gasteiger partial charge in [0, 0.05) is 12.6 Å². The molecule has 3 heteroatoms. The summed E-state index contributed by atoms with van der Waals surface area (Å²) in [5.41, 5.74) is -0.597. The zero-order valence-electron chi connectivity index (χ0n) is 7.21. The molecule has 0 saturated heterocycles. The molecule has 0 saturated carbocycles. The van der Waals surface area contributed by atoms with Gasteiger partial charge in [-0.15, -0.1) is 0 Å². The summed E-state index contributed by atoms with van der Waals surface area (Å²) < 4.78 is 12.9. The minimum absolute atomic E-state index is 0.236. The van der Waals surface area contributed by atoms with E-state index in [4.69, 9.17) is 0 Å². The predicted octanol–water partition coefficient (Wildman–Crippen LogP) is 1.53. The first-order chi connectivity index (χ1) is 5.49. The Kier molecular flexibility index (Phi) is 2.43. The first-order valence-electron chi connectivity index (χ1n) is 3.81. The van der Waals surface area contributed by atoms with Gasteiger partial charge in [-0.1, -0.05) is 0 Å². The van der Waals surface area contributed by atoms with E-state index in [0.29, 0.717) is 5.69 Å². The third kappa shape index (κ3) is 2.58. The van der Waals surface area contributed by atoms with Crippen LogP contribution in [0.2, 0.25) is 0 Å². The molecular weight excluding hydrogens is 157 g/mol. The van der Waals surface area contributed by atoms with E-state index in [1.54, 1.807) is 13.8 Å². The Bertz CT molecular complexity index is 267. The number of aromatic nitrogens is 1. The van der Waals surface area contributed by atoms with Gasteiger partial charge in [0.15, 0.2) is 0 Å². The van der Waals surface area contributed by atoms with Crippen LogP contribution in [0.1, 0.15) is 19.5 Å². The summed E-state index contributed by atoms with van der Waals surface area (Å²) in [6, 6.07) is 2.87. The SMILES string of the molecule is CC(C)(O)Cc1ncccc1F. The van der Waals surface area contributed by atoms with Gasteiger partial charge in [0.25, 0.3) is 0 Å². The topological polar surface area (TPSA) is 33.1 Å². The van der Waals surface area contributed by atoms with Crippen LogP contribution in [0.25, 0.3) is 0 Å². The molecule has 0 unspecified atom stereocenters. The number of halogens is 1. The van der Waals surface area contributed by atoms with Gasteiger partial charge in [0.1, 0.15) is 5.82 Å². The van der Waals surface area contributed by atoms with Gasteiger partial charge >= 0.3 is 0 Å². The van der Waals surface area contributed by atoms with Crippen molar-refractivity contribution < 1.29 is 9.50 Å². The molecule has 0 radical (unpaired) electrons. The Labute approximate surface area is 71.1 Å². The first kappa shape index (κ1) is 9.13. The lowest BCUT2D eigenvalue weighted by Crippen LogP contribution is -2.23. The van der Waals surface area contributed by atoms with Crippen molar-refractivity contribution in [1.82, 2.24) is 4.98 Å². The first-order valence-corrected chi connectivity index (χ1v) is 3.81. The zero-order valence-corrected chi connectivity index (χ0v) is 7.21. The summed E-state index contributed by atoms with van der Waals surface area (Å²) in [6.07, 6.45) is 1.75. The van der Waals surface area contributed by atoms with E-state index < -0.39 is 5.60 Å². The van der Waals surface area contributed by atoms with Crippen LogP contribution in [-0.4, -0.2) is 15.7 Å². The molecule has 0 bridgehead atoms. The molecule has 12 heavy (non-hydrogen) atoms. The fraction of sp³-hybridized carbons (Fsp3) is 0.444. The largest absolute Gasteiger partial charge is 0.390 e. The molecule has 0 aliphatic rings. The smallest absolute Gasteiger partial charge is 0.144 e. The standard InChI is InChI=1S/C9H12FNO/c1-9(2,12)6-8-7(10)4-3-5-11-8/h3-5,12H,6H2,1-2H3. The third-order valence-corrected chi connectivity index (χ3v) is 1.43. The van der Waals surface area contributed by atoms with Crippen molar-refractivity contribution in [3.8, 4) is 0 Å². The Hall–Kier alpha value is -0.960. The van der Waals surface area contributed by atoms with Crippen molar-refractivity contribution >= 4 is 0 Å². The average Bonchev–Trinajstić information content (AvgIpc) is 1.91. The lowest BCUT2D eigenvalue weighted by molar-refractivity contribution is 0.0788. The normalized spacial score (nSPS) is 11.7. The summed E-state index contributed by atoms with van der Waals surface area (Å²) in [5.74, 6) is -0.361. The zero-order chi connectivity index (χ0) is 9.19. The van der Waals surface area contributed by atoms with Crippen LogP contribution in [-0.2, 0) is 6.42 Å². The fourth-order valence-electron chi connectivity index (χ4n) is 0.958. The summed E-state index contributed by atoms with van der Waals surface area (Å²) in [5, 5.41) is 9.39. The molecule has 1 aromatic heterocycles. The van der Waals surface area contributed by atoms with Crippen LogP contribution in [0.3, 0.4) is 0 Å². The van der Waals surface area contributed by atoms with Crippen LogP contribution in [0.15, 0.2) is 18.3 Å². The predicted molar refractivity (Wildman–Crippen MR) is 44.2 cm³/mol. The Morgan fingerprint density at radius 2 is 2.25 bits per heavy atom. The second-order valence-corrected chi connectivity index (χ2v) is 3.42. The molecule has 1 rings (SSSR count). The minimum Gasteiger partial charge on any atom is -0.390 e. The molecule has 0 amide bonds. The lowest BCUT2D eigenvalue weighted by Gasteiger charge is -2.16. The van der Waals surface area contributed by atoms with E-state index in [1.807, 2.05) is 0 Å². The Morgan fingerprint density at radius 3 is 2.75 bits per heavy atom. The van der Waals surface area contributed by atoms with Gasteiger partial charge in [0.05, 0.1) is 11.3 Å². The summed E-state index contributed by atoms with van der Waals surface area (Å²) in [4.78, 5) is 3.83. The maximum Gasteiger partial charge on any atom is 0.144 e. The molecule has 0 spiro atoms. The average molecular weight is 169 g/mol. The van der Waals surface area contributed by atoms with Gasteiger partial charge in [-0.3, -0.25) is 4.98 Å². The van der Waals surface area contributed by atoms with Gasteiger partial charge < -0.3 is 5.11 Å². The quantitative estimate of drug-likeness (QED) is 0.728. The van der Waals surface area contributed by atoms with Crippen molar-refractivity contribution in [3.05, 3.63) is 29.8 Å². The lowest BCUT2D eigenvalue weighted by atomic mass is 10.0. The van der Waals surface area contributed by atoms with E-state index in [9.17, 15) is 9.50 Å². The highest BCUT2D eigenvalue weighted by Crippen LogP contribution is 2.12. The van der Waals surface area contributed by atoms with Crippen LogP contribution in [0, 0.1) is 5.82 Å². The number of rotatable bonds is 2. The molecule has 0 atom stereocenters. The summed E-state index contributed by atoms with van der Waals surface area (Å²) in [6.45, 7) is 3.25. The second-order valence-electron chi connectivity index (χ2n) is 3.42. The number of pyridine rings is 1. The monoisotopic (exact) mass is 169 g/mol. The highest BCUT2D eigenvalue weighted by atomic mass is 19.1. The summed E-state index contributed by atoms with van der Waals surface area (Å²) in [7, 11) is 0. The molecule has 0 aromatic carbocycles. The third-order valence-electron chi connectivity index (χ3n) is 1.43.